The second-order valence-corrected chi connectivity index (χ2v) is 20.8. The largest absolute Gasteiger partial charge is 0.462 e. The molecule has 0 saturated carbocycles. The summed E-state index contributed by atoms with van der Waals surface area (Å²) >= 11 is 0. The Morgan fingerprint density at radius 1 is 0.292 bits per heavy atom. The van der Waals surface area contributed by atoms with Crippen molar-refractivity contribution in [2.45, 2.75) is 342 Å². The van der Waals surface area contributed by atoms with Gasteiger partial charge in [0.05, 0.1) is 0 Å². The lowest BCUT2D eigenvalue weighted by molar-refractivity contribution is -0.167. The maximum atomic E-state index is 12.9. The number of ether oxygens (including phenoxy) is 3. The molecule has 0 saturated heterocycles. The molecule has 0 rings (SSSR count). The van der Waals surface area contributed by atoms with Crippen LogP contribution in [0.1, 0.15) is 336 Å². The Balaban J connectivity index is 4.27. The molecule has 0 aliphatic rings. The van der Waals surface area contributed by atoms with E-state index >= 15 is 0 Å². The smallest absolute Gasteiger partial charge is 0.306 e. The number of esters is 3. The fourth-order valence-corrected chi connectivity index (χ4v) is 9.10. The summed E-state index contributed by atoms with van der Waals surface area (Å²) in [5, 5.41) is 0. The molecular weight excluding hydrogens is 805 g/mol. The highest BCUT2D eigenvalue weighted by Crippen LogP contribution is 2.18. The lowest BCUT2D eigenvalue weighted by Gasteiger charge is -2.18. The van der Waals surface area contributed by atoms with E-state index in [0.29, 0.717) is 19.3 Å². The van der Waals surface area contributed by atoms with E-state index < -0.39 is 6.10 Å². The van der Waals surface area contributed by atoms with Crippen molar-refractivity contribution in [1.82, 2.24) is 0 Å². The SMILES string of the molecule is CCCCCCCCCCCCCCCCCCCCC(=O)O[C@H](COC(=O)CCCCCCCCCCCCCC)COC(=O)CCCCCCCCCCCCCCCCC(C)C. The minimum absolute atomic E-state index is 0.0618. The predicted octanol–water partition coefficient (Wildman–Crippen LogP) is 19.4. The Bertz CT molecular complexity index is 980. The molecule has 1 atom stereocenters. The van der Waals surface area contributed by atoms with E-state index in [4.69, 9.17) is 14.2 Å². The van der Waals surface area contributed by atoms with Gasteiger partial charge in [0.15, 0.2) is 6.10 Å². The second kappa shape index (κ2) is 53.4. The summed E-state index contributed by atoms with van der Waals surface area (Å²) in [6.45, 7) is 9.07. The minimum Gasteiger partial charge on any atom is -0.462 e. The van der Waals surface area contributed by atoms with Crippen molar-refractivity contribution in [2.75, 3.05) is 13.2 Å². The highest BCUT2D eigenvalue weighted by atomic mass is 16.6. The zero-order chi connectivity index (χ0) is 47.4. The maximum Gasteiger partial charge on any atom is 0.306 e. The van der Waals surface area contributed by atoms with Gasteiger partial charge < -0.3 is 14.2 Å². The van der Waals surface area contributed by atoms with Gasteiger partial charge in [0.2, 0.25) is 0 Å². The molecule has 6 heteroatoms. The molecule has 0 heterocycles. The summed E-state index contributed by atoms with van der Waals surface area (Å²) in [5.41, 5.74) is 0. The summed E-state index contributed by atoms with van der Waals surface area (Å²) in [6, 6.07) is 0. The molecular formula is C59H114O6. The van der Waals surface area contributed by atoms with Gasteiger partial charge in [-0.25, -0.2) is 0 Å². The van der Waals surface area contributed by atoms with Crippen molar-refractivity contribution in [3.05, 3.63) is 0 Å². The van der Waals surface area contributed by atoms with Crippen molar-refractivity contribution >= 4 is 17.9 Å². The van der Waals surface area contributed by atoms with Crippen LogP contribution in [0.3, 0.4) is 0 Å². The molecule has 65 heavy (non-hydrogen) atoms. The van der Waals surface area contributed by atoms with E-state index in [2.05, 4.69) is 27.7 Å². The monoisotopic (exact) mass is 919 g/mol. The lowest BCUT2D eigenvalue weighted by atomic mass is 10.0. The van der Waals surface area contributed by atoms with Crippen molar-refractivity contribution in [2.24, 2.45) is 5.92 Å². The van der Waals surface area contributed by atoms with Crippen LogP contribution in [0.2, 0.25) is 0 Å². The minimum atomic E-state index is -0.761. The van der Waals surface area contributed by atoms with E-state index in [9.17, 15) is 14.4 Å². The number of rotatable bonds is 54. The van der Waals surface area contributed by atoms with Gasteiger partial charge in [-0.1, -0.05) is 297 Å². The van der Waals surface area contributed by atoms with E-state index in [1.165, 1.54) is 231 Å². The van der Waals surface area contributed by atoms with Crippen LogP contribution >= 0.6 is 0 Å². The first-order chi connectivity index (χ1) is 31.9. The molecule has 0 aliphatic heterocycles. The van der Waals surface area contributed by atoms with Crippen molar-refractivity contribution in [3.8, 4) is 0 Å². The van der Waals surface area contributed by atoms with E-state index in [1.54, 1.807) is 0 Å². The highest BCUT2D eigenvalue weighted by Gasteiger charge is 2.19. The molecule has 0 spiro atoms. The Morgan fingerprint density at radius 2 is 0.508 bits per heavy atom. The van der Waals surface area contributed by atoms with E-state index in [1.807, 2.05) is 0 Å². The number of carbonyl (C=O) groups is 3. The molecule has 0 bridgehead atoms. The Hall–Kier alpha value is -1.59. The van der Waals surface area contributed by atoms with E-state index in [-0.39, 0.29) is 31.1 Å². The number of hydrogen-bond donors (Lipinski definition) is 0. The van der Waals surface area contributed by atoms with Gasteiger partial charge >= 0.3 is 17.9 Å². The van der Waals surface area contributed by atoms with Crippen molar-refractivity contribution in [1.29, 1.82) is 0 Å². The van der Waals surface area contributed by atoms with Gasteiger partial charge in [0.1, 0.15) is 13.2 Å². The van der Waals surface area contributed by atoms with Crippen molar-refractivity contribution in [3.63, 3.8) is 0 Å². The highest BCUT2D eigenvalue weighted by molar-refractivity contribution is 5.71. The molecule has 0 N–H and O–H groups in total. The molecule has 0 radical (unpaired) electrons. The number of hydrogen-bond acceptors (Lipinski definition) is 6. The number of carbonyl (C=O) groups excluding carboxylic acids is 3. The lowest BCUT2D eigenvalue weighted by Crippen LogP contribution is -2.30. The molecule has 386 valence electrons. The molecule has 0 fully saturated rings. The first-order valence-electron chi connectivity index (χ1n) is 29.4. The van der Waals surface area contributed by atoms with E-state index in [0.717, 1.165) is 63.7 Å². The Labute approximate surface area is 406 Å². The predicted molar refractivity (Wildman–Crippen MR) is 280 cm³/mol. The standard InChI is InChI=1S/C59H114O6/c1-5-7-9-11-13-15-17-19-20-21-22-23-28-32-36-40-44-48-52-59(62)65-56(53-63-57(60)50-46-42-38-34-30-18-16-14-12-10-8-6-2)54-64-58(61)51-47-43-39-35-31-27-25-24-26-29-33-37-41-45-49-55(3)4/h55-56H,5-54H2,1-4H3/t56-/m1/s1. The molecule has 0 aromatic heterocycles. The van der Waals surface area contributed by atoms with Crippen LogP contribution in [-0.4, -0.2) is 37.2 Å². The van der Waals surface area contributed by atoms with Gasteiger partial charge in [0, 0.05) is 19.3 Å². The Kier molecular flexibility index (Phi) is 52.1. The normalized spacial score (nSPS) is 12.0. The van der Waals surface area contributed by atoms with Crippen molar-refractivity contribution < 1.29 is 28.6 Å². The third-order valence-electron chi connectivity index (χ3n) is 13.5. The molecule has 0 aromatic carbocycles. The third-order valence-corrected chi connectivity index (χ3v) is 13.5. The summed E-state index contributed by atoms with van der Waals surface area (Å²) in [6.07, 6.45) is 58.1. The van der Waals surface area contributed by atoms with Gasteiger partial charge in [-0.05, 0) is 25.2 Å². The second-order valence-electron chi connectivity index (χ2n) is 20.8. The first kappa shape index (κ1) is 63.4. The van der Waals surface area contributed by atoms with Gasteiger partial charge in [0.25, 0.3) is 0 Å². The summed E-state index contributed by atoms with van der Waals surface area (Å²) in [5.74, 6) is 0.0104. The average molecular weight is 920 g/mol. The average Bonchev–Trinajstić information content (AvgIpc) is 3.29. The summed E-state index contributed by atoms with van der Waals surface area (Å²) in [7, 11) is 0. The zero-order valence-corrected chi connectivity index (χ0v) is 44.5. The van der Waals surface area contributed by atoms with Crippen LogP contribution in [0.4, 0.5) is 0 Å². The third kappa shape index (κ3) is 53.2. The summed E-state index contributed by atoms with van der Waals surface area (Å²) in [4.78, 5) is 38.1. The Morgan fingerprint density at radius 3 is 0.754 bits per heavy atom. The van der Waals surface area contributed by atoms with Gasteiger partial charge in [-0.3, -0.25) is 14.4 Å². The van der Waals surface area contributed by atoms with Crippen LogP contribution in [0.15, 0.2) is 0 Å². The van der Waals surface area contributed by atoms with Gasteiger partial charge in [-0.15, -0.1) is 0 Å². The zero-order valence-electron chi connectivity index (χ0n) is 44.5. The molecule has 6 nitrogen and oxygen atoms in total. The van der Waals surface area contributed by atoms with Crippen LogP contribution in [0.5, 0.6) is 0 Å². The quantitative estimate of drug-likeness (QED) is 0.0344. The van der Waals surface area contributed by atoms with Crippen LogP contribution in [-0.2, 0) is 28.6 Å². The van der Waals surface area contributed by atoms with Crippen LogP contribution < -0.4 is 0 Å². The molecule has 0 aliphatic carbocycles. The molecule has 0 amide bonds. The van der Waals surface area contributed by atoms with Crippen LogP contribution in [0.25, 0.3) is 0 Å². The van der Waals surface area contributed by atoms with Gasteiger partial charge in [-0.2, -0.15) is 0 Å². The maximum absolute atomic E-state index is 12.9. The number of unbranched alkanes of at least 4 members (excludes halogenated alkanes) is 41. The molecule has 0 aromatic rings. The fourth-order valence-electron chi connectivity index (χ4n) is 9.10. The first-order valence-corrected chi connectivity index (χ1v) is 29.4. The topological polar surface area (TPSA) is 78.9 Å². The molecule has 0 unspecified atom stereocenters. The van der Waals surface area contributed by atoms with Crippen LogP contribution in [0, 0.1) is 5.92 Å². The summed E-state index contributed by atoms with van der Waals surface area (Å²) < 4.78 is 16.9. The fraction of sp³-hybridized carbons (Fsp3) is 0.949.